The summed E-state index contributed by atoms with van der Waals surface area (Å²) in [6.45, 7) is 28.2. The highest BCUT2D eigenvalue weighted by atomic mass is 16.4. The molecule has 0 amide bonds. The zero-order valence-corrected chi connectivity index (χ0v) is 66.3. The van der Waals surface area contributed by atoms with Gasteiger partial charge in [-0.05, 0) is 172 Å². The maximum absolute atomic E-state index is 6.41. The smallest absolute Gasteiger partial charge is 0.227 e. The predicted octanol–water partition coefficient (Wildman–Crippen LogP) is 23.1. The van der Waals surface area contributed by atoms with Crippen LogP contribution in [0.4, 0.5) is 0 Å². The van der Waals surface area contributed by atoms with Gasteiger partial charge in [0.1, 0.15) is 28.2 Å². The summed E-state index contributed by atoms with van der Waals surface area (Å²) in [6.07, 6.45) is 17.3. The lowest BCUT2D eigenvalue weighted by Gasteiger charge is -2.09. The van der Waals surface area contributed by atoms with Crippen molar-refractivity contribution in [1.29, 1.82) is 0 Å². The molecule has 20 rings (SSSR count). The van der Waals surface area contributed by atoms with Crippen LogP contribution in [0.1, 0.15) is 80.6 Å². The molecule has 111 heavy (non-hydrogen) atoms. The lowest BCUT2D eigenvalue weighted by Crippen LogP contribution is -2.31. The lowest BCUT2D eigenvalue weighted by atomic mass is 9.95. The minimum Gasteiger partial charge on any atom is -0.437 e. The zero-order valence-electron chi connectivity index (χ0n) is 66.3. The van der Waals surface area contributed by atoms with Gasteiger partial charge in [0, 0.05) is 115 Å². The van der Waals surface area contributed by atoms with Crippen molar-refractivity contribution in [3.63, 3.8) is 0 Å². The fraction of sp³-hybridized carbons (Fsp3) is 0.192. The fourth-order valence-electron chi connectivity index (χ4n) is 17.1. The second-order valence-electron chi connectivity index (χ2n) is 31.1. The topological polar surface area (TPSA) is 120 Å². The SMILES string of the molecule is Cc1cc(-c2c(C)cc(C)c3c2oc2ncc4ccccc4c23)[n+](C)cc1C.Cc1cc[n+](C)c(-c2c(C)cc(C)c3c2oc2ncc4ccccc4c23)c1.Cc1ccc(-c2c(C)cc(C)c3c2oc2ncc4ccccc4c23)[n+](C)c1.Cc1ccc2c(oc3ncc4ccccc4c32)c1-c1cc(CC(C)C)cc[n+]1C. The van der Waals surface area contributed by atoms with Gasteiger partial charge in [-0.3, -0.25) is 0 Å². The first kappa shape index (κ1) is 71.1. The van der Waals surface area contributed by atoms with Gasteiger partial charge in [-0.1, -0.05) is 141 Å². The number of pyridine rings is 8. The monoisotopic (exact) mass is 1450 g/mol. The van der Waals surface area contributed by atoms with Crippen molar-refractivity contribution in [3.05, 3.63) is 286 Å². The van der Waals surface area contributed by atoms with Gasteiger partial charge in [-0.2, -0.15) is 0 Å². The Morgan fingerprint density at radius 1 is 0.288 bits per heavy atom. The lowest BCUT2D eigenvalue weighted by molar-refractivity contribution is -0.660. The van der Waals surface area contributed by atoms with E-state index in [4.69, 9.17) is 17.7 Å². The largest absolute Gasteiger partial charge is 0.437 e. The molecule has 0 spiro atoms. The summed E-state index contributed by atoms with van der Waals surface area (Å²) in [4.78, 5) is 18.5. The summed E-state index contributed by atoms with van der Waals surface area (Å²) in [7, 11) is 8.37. The predicted molar refractivity (Wildman–Crippen MR) is 453 cm³/mol. The standard InChI is InChI=1S/C26H25N2O.C25H23N2O.2C24H21N2O/c1-16(2)13-18-11-12-28(4)22(14-18)23-17(3)9-10-21-24-20-8-6-5-7-19(20)15-27-26(24)29-25(21)23;1-14-11-20(27(5)13-17(14)4)21-15(2)10-16(3)22-23-19-9-7-6-8-18(19)12-26-25(23)28-24(21)22;1-14-9-10-19(26(4)13-14)20-15(2)11-16(3)21-22-18-8-6-5-7-17(18)12-25-24(22)27-23(20)21;1-14-9-10-26(4)19(11-14)20-15(2)12-16(3)21-22-18-8-6-5-7-17(18)13-25-24(22)27-23(20)21/h5-12,14-16H,13H2,1-4H3;6-13H,1-5H3;2*5-13H,1-4H3/q4*+1. The molecule has 546 valence electrons. The fourth-order valence-corrected chi connectivity index (χ4v) is 17.1. The molecular weight excluding hydrogens is 1370 g/mol. The van der Waals surface area contributed by atoms with Gasteiger partial charge in [0.15, 0.2) is 47.1 Å². The Hall–Kier alpha value is -12.8. The summed E-state index contributed by atoms with van der Waals surface area (Å²) >= 11 is 0. The van der Waals surface area contributed by atoms with E-state index in [-0.39, 0.29) is 0 Å². The molecule has 8 aromatic carbocycles. The Labute approximate surface area is 645 Å². The quantitative estimate of drug-likeness (QED) is 0.151. The number of aromatic nitrogens is 8. The number of hydrogen-bond acceptors (Lipinski definition) is 8. The van der Waals surface area contributed by atoms with Gasteiger partial charge in [0.2, 0.25) is 45.6 Å². The number of nitrogens with zero attached hydrogens (tertiary/aromatic N) is 8. The molecular formula is C99H90N8O4+4. The van der Waals surface area contributed by atoms with E-state index < -0.39 is 0 Å². The van der Waals surface area contributed by atoms with Gasteiger partial charge in [-0.15, -0.1) is 0 Å². The third-order valence-corrected chi connectivity index (χ3v) is 22.5. The van der Waals surface area contributed by atoms with E-state index in [9.17, 15) is 0 Å². The average Bonchev–Trinajstić information content (AvgIpc) is 1.60. The van der Waals surface area contributed by atoms with Crippen molar-refractivity contribution >= 4 is 131 Å². The van der Waals surface area contributed by atoms with Crippen LogP contribution in [0, 0.1) is 82.1 Å². The minimum absolute atomic E-state index is 0.620. The van der Waals surface area contributed by atoms with Crippen LogP contribution in [-0.4, -0.2) is 19.9 Å². The molecule has 20 aromatic rings. The van der Waals surface area contributed by atoms with Gasteiger partial charge in [0.05, 0.1) is 43.8 Å². The summed E-state index contributed by atoms with van der Waals surface area (Å²) < 4.78 is 34.2. The highest BCUT2D eigenvalue weighted by Crippen LogP contribution is 2.46. The van der Waals surface area contributed by atoms with E-state index in [1.807, 2.05) is 43.0 Å². The van der Waals surface area contributed by atoms with Crippen molar-refractivity contribution in [2.45, 2.75) is 96.4 Å². The number of hydrogen-bond donors (Lipinski definition) is 0. The molecule has 0 aliphatic rings. The highest BCUT2D eigenvalue weighted by molar-refractivity contribution is 6.24. The summed E-state index contributed by atoms with van der Waals surface area (Å²) in [6, 6.07) is 60.1. The molecule has 0 aliphatic heterocycles. The maximum atomic E-state index is 6.41. The second-order valence-corrected chi connectivity index (χ2v) is 31.1. The second kappa shape index (κ2) is 28.0. The van der Waals surface area contributed by atoms with Crippen molar-refractivity contribution in [2.24, 2.45) is 34.1 Å². The molecule has 0 atom stereocenters. The molecule has 0 aliphatic carbocycles. The van der Waals surface area contributed by atoms with Crippen molar-refractivity contribution in [1.82, 2.24) is 19.9 Å². The average molecular weight is 1460 g/mol. The molecule has 0 N–H and O–H groups in total. The van der Waals surface area contributed by atoms with Gasteiger partial charge in [-0.25, -0.2) is 38.2 Å². The van der Waals surface area contributed by atoms with Crippen LogP contribution in [0.25, 0.3) is 176 Å². The van der Waals surface area contributed by atoms with Crippen LogP contribution in [0.15, 0.2) is 237 Å². The molecule has 12 heterocycles. The minimum atomic E-state index is 0.620. The molecule has 12 nitrogen and oxygen atoms in total. The molecule has 12 aromatic heterocycles. The summed E-state index contributed by atoms with van der Waals surface area (Å²) in [5.41, 5.74) is 30.6. The first-order chi connectivity index (χ1) is 53.6. The van der Waals surface area contributed by atoms with Crippen LogP contribution in [-0.2, 0) is 34.6 Å². The molecule has 0 unspecified atom stereocenters. The van der Waals surface area contributed by atoms with Gasteiger partial charge >= 0.3 is 0 Å². The molecule has 0 saturated heterocycles. The summed E-state index contributed by atoms with van der Waals surface area (Å²) in [5.74, 6) is 0.620. The first-order valence-electron chi connectivity index (χ1n) is 38.3. The third kappa shape index (κ3) is 12.3. The van der Waals surface area contributed by atoms with Gasteiger partial charge in [0.25, 0.3) is 0 Å². The Balaban J connectivity index is 0.000000108. The first-order valence-corrected chi connectivity index (χ1v) is 38.3. The zero-order chi connectivity index (χ0) is 77.1. The van der Waals surface area contributed by atoms with Crippen LogP contribution in [0.3, 0.4) is 0 Å². The number of rotatable bonds is 6. The molecule has 0 fully saturated rings. The third-order valence-electron chi connectivity index (χ3n) is 22.5. The van der Waals surface area contributed by atoms with E-state index in [0.717, 1.165) is 133 Å². The highest BCUT2D eigenvalue weighted by Gasteiger charge is 2.29. The normalized spacial score (nSPS) is 11.8. The summed E-state index contributed by atoms with van der Waals surface area (Å²) in [5, 5.41) is 18.3. The van der Waals surface area contributed by atoms with E-state index in [2.05, 4.69) is 333 Å². The molecule has 0 radical (unpaired) electrons. The van der Waals surface area contributed by atoms with E-state index >= 15 is 0 Å². The molecule has 12 heteroatoms. The van der Waals surface area contributed by atoms with Crippen molar-refractivity contribution < 1.29 is 35.9 Å². The Morgan fingerprint density at radius 3 is 1.14 bits per heavy atom. The maximum Gasteiger partial charge on any atom is 0.227 e. The Bertz CT molecular complexity index is 7230. The number of benzene rings is 8. The van der Waals surface area contributed by atoms with Crippen LogP contribution >= 0.6 is 0 Å². The molecule has 0 saturated carbocycles. The van der Waals surface area contributed by atoms with Gasteiger partial charge < -0.3 is 17.7 Å². The van der Waals surface area contributed by atoms with Crippen molar-refractivity contribution in [2.75, 3.05) is 0 Å². The van der Waals surface area contributed by atoms with Crippen LogP contribution in [0.5, 0.6) is 0 Å². The van der Waals surface area contributed by atoms with Crippen LogP contribution in [0.2, 0.25) is 0 Å². The Kier molecular flexibility index (Phi) is 18.0. The molecule has 0 bridgehead atoms. The van der Waals surface area contributed by atoms with E-state index in [1.165, 1.54) is 94.0 Å². The number of furan rings is 4. The van der Waals surface area contributed by atoms with E-state index in [0.29, 0.717) is 28.8 Å². The van der Waals surface area contributed by atoms with Crippen molar-refractivity contribution in [3.8, 4) is 45.0 Å². The van der Waals surface area contributed by atoms with Crippen LogP contribution < -0.4 is 18.3 Å². The number of aryl methyl sites for hydroxylation is 15. The Morgan fingerprint density at radius 2 is 0.676 bits per heavy atom. The number of fused-ring (bicyclic) bond motifs is 20. The van der Waals surface area contributed by atoms with E-state index in [1.54, 1.807) is 0 Å².